The second-order valence-electron chi connectivity index (χ2n) is 6.09. The number of benzene rings is 2. The number of aromatic nitrogens is 4. The van der Waals surface area contributed by atoms with E-state index in [4.69, 9.17) is 4.74 Å². The van der Waals surface area contributed by atoms with Gasteiger partial charge in [-0.15, -0.1) is 0 Å². The molecule has 2 aromatic heterocycles. The summed E-state index contributed by atoms with van der Waals surface area (Å²) in [5, 5.41) is 8.03. The van der Waals surface area contributed by atoms with Crippen molar-refractivity contribution in [3.8, 4) is 11.4 Å². The quantitative estimate of drug-likeness (QED) is 0.596. The Kier molecular flexibility index (Phi) is 3.24. The van der Waals surface area contributed by atoms with E-state index in [-0.39, 0.29) is 11.6 Å². The van der Waals surface area contributed by atoms with Gasteiger partial charge in [0.15, 0.2) is 5.65 Å². The molecular weight excluding hydrogens is 330 g/mol. The van der Waals surface area contributed by atoms with Gasteiger partial charge in [-0.25, -0.2) is 4.68 Å². The zero-order valence-corrected chi connectivity index (χ0v) is 13.7. The van der Waals surface area contributed by atoms with Crippen molar-refractivity contribution in [2.45, 2.75) is 6.04 Å². The average Bonchev–Trinajstić information content (AvgIpc) is 3.28. The molecular formula is C19H15N5O2. The van der Waals surface area contributed by atoms with Crippen molar-refractivity contribution < 1.29 is 4.74 Å². The highest BCUT2D eigenvalue weighted by Crippen LogP contribution is 2.33. The SMILES string of the molecule is O=c1[nH]c(N[C@H]2COc3ccccc32)nc2c1cnn2-c1ccccc1. The van der Waals surface area contributed by atoms with Crippen molar-refractivity contribution in [2.75, 3.05) is 11.9 Å². The van der Waals surface area contributed by atoms with Crippen LogP contribution < -0.4 is 15.6 Å². The third-order valence-corrected chi connectivity index (χ3v) is 4.45. The summed E-state index contributed by atoms with van der Waals surface area (Å²) in [7, 11) is 0. The van der Waals surface area contributed by atoms with Crippen molar-refractivity contribution in [1.82, 2.24) is 19.7 Å². The third-order valence-electron chi connectivity index (χ3n) is 4.45. The Bertz CT molecular complexity index is 1150. The molecule has 0 spiro atoms. The Morgan fingerprint density at radius 2 is 1.92 bits per heavy atom. The molecule has 0 radical (unpaired) electrons. The number of nitrogens with zero attached hydrogens (tertiary/aromatic N) is 3. The maximum atomic E-state index is 12.4. The summed E-state index contributed by atoms with van der Waals surface area (Å²) in [4.78, 5) is 19.8. The Hall–Kier alpha value is -3.61. The fourth-order valence-corrected chi connectivity index (χ4v) is 3.19. The predicted molar refractivity (Wildman–Crippen MR) is 97.8 cm³/mol. The van der Waals surface area contributed by atoms with Gasteiger partial charge in [0.25, 0.3) is 5.56 Å². The van der Waals surface area contributed by atoms with Crippen molar-refractivity contribution in [1.29, 1.82) is 0 Å². The summed E-state index contributed by atoms with van der Waals surface area (Å²) in [5.41, 5.74) is 2.18. The average molecular weight is 345 g/mol. The Morgan fingerprint density at radius 1 is 1.12 bits per heavy atom. The van der Waals surface area contributed by atoms with Gasteiger partial charge in [-0.1, -0.05) is 36.4 Å². The lowest BCUT2D eigenvalue weighted by Crippen LogP contribution is -2.18. The number of ether oxygens (including phenoxy) is 1. The molecule has 2 N–H and O–H groups in total. The van der Waals surface area contributed by atoms with Gasteiger partial charge in [0.2, 0.25) is 5.95 Å². The monoisotopic (exact) mass is 345 g/mol. The van der Waals surface area contributed by atoms with E-state index in [2.05, 4.69) is 20.4 Å². The van der Waals surface area contributed by atoms with E-state index in [0.717, 1.165) is 17.0 Å². The Balaban J connectivity index is 1.57. The van der Waals surface area contributed by atoms with Crippen LogP contribution in [0.4, 0.5) is 5.95 Å². The van der Waals surface area contributed by atoms with Gasteiger partial charge in [0, 0.05) is 5.56 Å². The van der Waals surface area contributed by atoms with Crippen LogP contribution in [0.1, 0.15) is 11.6 Å². The van der Waals surface area contributed by atoms with Gasteiger partial charge >= 0.3 is 0 Å². The third kappa shape index (κ3) is 2.33. The Labute approximate surface area is 148 Å². The van der Waals surface area contributed by atoms with Gasteiger partial charge in [-0.3, -0.25) is 9.78 Å². The number of aromatic amines is 1. The van der Waals surface area contributed by atoms with Crippen LogP contribution in [0.5, 0.6) is 5.75 Å². The van der Waals surface area contributed by atoms with Crippen molar-refractivity contribution in [3.05, 3.63) is 76.7 Å². The predicted octanol–water partition coefficient (Wildman–Crippen LogP) is 2.65. The number of H-pyrrole nitrogens is 1. The number of para-hydroxylation sites is 2. The lowest BCUT2D eigenvalue weighted by molar-refractivity contribution is 0.339. The number of hydrogen-bond donors (Lipinski definition) is 2. The molecule has 1 aliphatic rings. The van der Waals surface area contributed by atoms with E-state index in [1.807, 2.05) is 54.6 Å². The summed E-state index contributed by atoms with van der Waals surface area (Å²) >= 11 is 0. The van der Waals surface area contributed by atoms with E-state index in [0.29, 0.717) is 23.6 Å². The van der Waals surface area contributed by atoms with E-state index >= 15 is 0 Å². The van der Waals surface area contributed by atoms with E-state index in [1.165, 1.54) is 6.20 Å². The zero-order chi connectivity index (χ0) is 17.5. The van der Waals surface area contributed by atoms with Gasteiger partial charge in [-0.05, 0) is 18.2 Å². The van der Waals surface area contributed by atoms with Gasteiger partial charge in [0.05, 0.1) is 17.9 Å². The fraction of sp³-hybridized carbons (Fsp3) is 0.105. The minimum atomic E-state index is -0.230. The number of fused-ring (bicyclic) bond motifs is 2. The number of hydrogen-bond acceptors (Lipinski definition) is 5. The molecule has 3 heterocycles. The molecule has 1 aliphatic heterocycles. The fourth-order valence-electron chi connectivity index (χ4n) is 3.19. The summed E-state index contributed by atoms with van der Waals surface area (Å²) in [5.74, 6) is 1.24. The molecule has 7 nitrogen and oxygen atoms in total. The zero-order valence-electron chi connectivity index (χ0n) is 13.7. The molecule has 0 aliphatic carbocycles. The highest BCUT2D eigenvalue weighted by atomic mass is 16.5. The first kappa shape index (κ1) is 14.7. The summed E-state index contributed by atoms with van der Waals surface area (Å²) in [6.07, 6.45) is 1.53. The molecule has 0 saturated heterocycles. The highest BCUT2D eigenvalue weighted by molar-refractivity contribution is 5.76. The van der Waals surface area contributed by atoms with E-state index < -0.39 is 0 Å². The minimum Gasteiger partial charge on any atom is -0.491 e. The normalized spacial score (nSPS) is 15.6. The van der Waals surface area contributed by atoms with Gasteiger partial charge in [-0.2, -0.15) is 10.1 Å². The molecule has 1 atom stereocenters. The molecule has 0 amide bonds. The van der Waals surface area contributed by atoms with Crippen molar-refractivity contribution in [2.24, 2.45) is 0 Å². The standard InChI is InChI=1S/C19H15N5O2/c25-18-14-10-20-24(12-6-2-1-3-7-12)17(14)22-19(23-18)21-15-11-26-16-9-5-4-8-13(15)16/h1-10,15H,11H2,(H2,21,22,23,25)/t15-/m0/s1. The summed E-state index contributed by atoms with van der Waals surface area (Å²) < 4.78 is 7.34. The van der Waals surface area contributed by atoms with Crippen molar-refractivity contribution >= 4 is 17.0 Å². The molecule has 26 heavy (non-hydrogen) atoms. The maximum Gasteiger partial charge on any atom is 0.263 e. The minimum absolute atomic E-state index is 0.0695. The van der Waals surface area contributed by atoms with Crippen LogP contribution in [0, 0.1) is 0 Å². The van der Waals surface area contributed by atoms with Gasteiger partial charge < -0.3 is 10.1 Å². The van der Waals surface area contributed by atoms with Crippen LogP contribution >= 0.6 is 0 Å². The van der Waals surface area contributed by atoms with Crippen LogP contribution in [-0.4, -0.2) is 26.4 Å². The van der Waals surface area contributed by atoms with Crippen LogP contribution in [-0.2, 0) is 0 Å². The van der Waals surface area contributed by atoms with E-state index in [1.54, 1.807) is 4.68 Å². The molecule has 0 unspecified atom stereocenters. The Morgan fingerprint density at radius 3 is 2.81 bits per heavy atom. The summed E-state index contributed by atoms with van der Waals surface area (Å²) in [6, 6.07) is 17.4. The van der Waals surface area contributed by atoms with Crippen molar-refractivity contribution in [3.63, 3.8) is 0 Å². The second kappa shape index (κ2) is 5.73. The topological polar surface area (TPSA) is 84.8 Å². The van der Waals surface area contributed by atoms with Crippen LogP contribution in [0.25, 0.3) is 16.7 Å². The molecule has 0 bridgehead atoms. The number of anilines is 1. The molecule has 0 fully saturated rings. The van der Waals surface area contributed by atoms with Crippen LogP contribution in [0.2, 0.25) is 0 Å². The molecule has 7 heteroatoms. The smallest absolute Gasteiger partial charge is 0.263 e. The summed E-state index contributed by atoms with van der Waals surface area (Å²) in [6.45, 7) is 0.485. The first-order valence-electron chi connectivity index (χ1n) is 8.31. The highest BCUT2D eigenvalue weighted by Gasteiger charge is 2.24. The van der Waals surface area contributed by atoms with Crippen LogP contribution in [0.15, 0.2) is 65.6 Å². The number of nitrogens with one attached hydrogen (secondary N) is 2. The lowest BCUT2D eigenvalue weighted by Gasteiger charge is -2.12. The molecule has 4 aromatic rings. The molecule has 0 saturated carbocycles. The molecule has 5 rings (SSSR count). The second-order valence-corrected chi connectivity index (χ2v) is 6.09. The van der Waals surface area contributed by atoms with Gasteiger partial charge in [0.1, 0.15) is 17.7 Å². The largest absolute Gasteiger partial charge is 0.491 e. The molecule has 2 aromatic carbocycles. The maximum absolute atomic E-state index is 12.4. The van der Waals surface area contributed by atoms with Crippen LogP contribution in [0.3, 0.4) is 0 Å². The van der Waals surface area contributed by atoms with E-state index in [9.17, 15) is 4.79 Å². The lowest BCUT2D eigenvalue weighted by atomic mass is 10.1. The first-order valence-corrected chi connectivity index (χ1v) is 8.31. The first-order chi connectivity index (χ1) is 12.8. The molecule has 128 valence electrons. The number of rotatable bonds is 3.